The van der Waals surface area contributed by atoms with Crippen LogP contribution < -0.4 is 16.4 Å². The molecular weight excluding hydrogens is 382 g/mol. The molecular formula is C17H15N7OS2. The van der Waals surface area contributed by atoms with Crippen LogP contribution in [0.2, 0.25) is 0 Å². The lowest BCUT2D eigenvalue weighted by molar-refractivity contribution is 0.262. The zero-order valence-electron chi connectivity index (χ0n) is 14.3. The minimum absolute atomic E-state index is 0.202. The summed E-state index contributed by atoms with van der Waals surface area (Å²) in [7, 11) is 0. The first-order valence-electron chi connectivity index (χ1n) is 7.86. The fraction of sp³-hybridized carbons (Fsp3) is 0.118. The van der Waals surface area contributed by atoms with Crippen molar-refractivity contribution >= 4 is 45.9 Å². The number of nitrogen functional groups attached to an aromatic ring is 1. The summed E-state index contributed by atoms with van der Waals surface area (Å²) in [6, 6.07) is 6.79. The van der Waals surface area contributed by atoms with Crippen molar-refractivity contribution in [1.29, 1.82) is 0 Å². The number of aromatic nitrogens is 4. The summed E-state index contributed by atoms with van der Waals surface area (Å²) in [6.07, 6.45) is 3.11. The third-order valence-electron chi connectivity index (χ3n) is 3.04. The molecule has 0 spiro atoms. The van der Waals surface area contributed by atoms with E-state index in [1.165, 1.54) is 11.3 Å². The van der Waals surface area contributed by atoms with E-state index in [-0.39, 0.29) is 5.95 Å². The lowest BCUT2D eigenvalue weighted by Gasteiger charge is -2.05. The number of anilines is 3. The number of hydrogen-bond acceptors (Lipinski definition) is 8. The second-order valence-corrected chi connectivity index (χ2v) is 7.53. The molecule has 0 saturated carbocycles. The molecule has 2 amide bonds. The molecule has 2 heterocycles. The number of carbonyl (C=O) groups excluding carboxylic acids is 1. The Hall–Kier alpha value is -3.16. The Kier molecular flexibility index (Phi) is 6.19. The lowest BCUT2D eigenvalue weighted by Crippen LogP contribution is -2.19. The number of urea groups is 1. The quantitative estimate of drug-likeness (QED) is 0.352. The van der Waals surface area contributed by atoms with E-state index in [2.05, 4.69) is 42.6 Å². The number of benzene rings is 1. The van der Waals surface area contributed by atoms with Crippen LogP contribution >= 0.6 is 23.1 Å². The van der Waals surface area contributed by atoms with Crippen LogP contribution in [0.1, 0.15) is 18.1 Å². The summed E-state index contributed by atoms with van der Waals surface area (Å²) in [5.41, 5.74) is 7.45. The van der Waals surface area contributed by atoms with Crippen molar-refractivity contribution in [2.24, 2.45) is 0 Å². The van der Waals surface area contributed by atoms with Gasteiger partial charge in [0.25, 0.3) is 0 Å². The largest absolute Gasteiger partial charge is 0.368 e. The fourth-order valence-electron chi connectivity index (χ4n) is 1.92. The molecule has 0 saturated heterocycles. The van der Waals surface area contributed by atoms with E-state index in [1.54, 1.807) is 42.4 Å². The number of rotatable bonds is 4. The Bertz CT molecular complexity index is 992. The van der Waals surface area contributed by atoms with E-state index in [1.807, 2.05) is 13.0 Å². The Morgan fingerprint density at radius 1 is 1.19 bits per heavy atom. The van der Waals surface area contributed by atoms with E-state index in [0.717, 1.165) is 15.7 Å². The van der Waals surface area contributed by atoms with Gasteiger partial charge in [-0.05, 0) is 24.0 Å². The molecule has 10 heteroatoms. The van der Waals surface area contributed by atoms with Gasteiger partial charge in [0, 0.05) is 23.6 Å². The number of amides is 2. The molecule has 0 aliphatic rings. The predicted molar refractivity (Wildman–Crippen MR) is 108 cm³/mol. The topological polar surface area (TPSA) is 119 Å². The molecule has 27 heavy (non-hydrogen) atoms. The number of carbonyl (C=O) groups is 1. The maximum absolute atomic E-state index is 12.1. The van der Waals surface area contributed by atoms with Crippen LogP contribution in [0.25, 0.3) is 0 Å². The van der Waals surface area contributed by atoms with Gasteiger partial charge in [0.1, 0.15) is 0 Å². The SMILES string of the molecule is CCSc1nnc(NC(=O)Nc2cccc(C#Cc3cnc(N)nc3)c2)s1. The highest BCUT2D eigenvalue weighted by Gasteiger charge is 2.08. The van der Waals surface area contributed by atoms with Crippen LogP contribution in [0, 0.1) is 11.8 Å². The Morgan fingerprint density at radius 2 is 1.96 bits per heavy atom. The second kappa shape index (κ2) is 8.98. The highest BCUT2D eigenvalue weighted by atomic mass is 32.2. The zero-order chi connectivity index (χ0) is 19.1. The molecule has 0 atom stereocenters. The molecule has 0 bridgehead atoms. The molecule has 136 valence electrons. The minimum atomic E-state index is -0.392. The van der Waals surface area contributed by atoms with Gasteiger partial charge >= 0.3 is 6.03 Å². The molecule has 0 aliphatic carbocycles. The molecule has 0 aliphatic heterocycles. The monoisotopic (exact) mass is 397 g/mol. The smallest absolute Gasteiger partial charge is 0.325 e. The highest BCUT2D eigenvalue weighted by Crippen LogP contribution is 2.25. The van der Waals surface area contributed by atoms with Crippen molar-refractivity contribution in [2.45, 2.75) is 11.3 Å². The van der Waals surface area contributed by atoms with Crippen molar-refractivity contribution in [1.82, 2.24) is 20.2 Å². The molecule has 8 nitrogen and oxygen atoms in total. The third-order valence-corrected chi connectivity index (χ3v) is 4.89. The van der Waals surface area contributed by atoms with Crippen LogP contribution in [0.3, 0.4) is 0 Å². The number of hydrogen-bond donors (Lipinski definition) is 3. The summed E-state index contributed by atoms with van der Waals surface area (Å²) in [4.78, 5) is 19.9. The van der Waals surface area contributed by atoms with Gasteiger partial charge in [-0.1, -0.05) is 47.9 Å². The van der Waals surface area contributed by atoms with Crippen molar-refractivity contribution in [3.8, 4) is 11.8 Å². The van der Waals surface area contributed by atoms with Crippen LogP contribution in [0.4, 0.5) is 21.6 Å². The number of nitrogens with one attached hydrogen (secondary N) is 2. The molecule has 4 N–H and O–H groups in total. The minimum Gasteiger partial charge on any atom is -0.368 e. The van der Waals surface area contributed by atoms with Crippen LogP contribution in [0.15, 0.2) is 41.0 Å². The van der Waals surface area contributed by atoms with E-state index < -0.39 is 6.03 Å². The maximum Gasteiger partial charge on any atom is 0.325 e. The van der Waals surface area contributed by atoms with Gasteiger partial charge in [0.15, 0.2) is 4.34 Å². The van der Waals surface area contributed by atoms with Gasteiger partial charge in [0.2, 0.25) is 11.1 Å². The molecule has 3 rings (SSSR count). The molecule has 1 aromatic carbocycles. The van der Waals surface area contributed by atoms with Crippen LogP contribution in [0.5, 0.6) is 0 Å². The first-order chi connectivity index (χ1) is 13.1. The standard InChI is InChI=1S/C17H15N7OS2/c1-2-26-17-24-23-16(27-17)22-15(25)21-13-5-3-4-11(8-13)6-7-12-9-19-14(18)20-10-12/h3-5,8-10H,2H2,1H3,(H2,18,19,20)(H2,21,22,23,25). The van der Waals surface area contributed by atoms with Gasteiger partial charge in [-0.15, -0.1) is 10.2 Å². The second-order valence-electron chi connectivity index (χ2n) is 5.05. The lowest BCUT2D eigenvalue weighted by atomic mass is 10.2. The summed E-state index contributed by atoms with van der Waals surface area (Å²) >= 11 is 2.91. The highest BCUT2D eigenvalue weighted by molar-refractivity contribution is 8.01. The van der Waals surface area contributed by atoms with Gasteiger partial charge < -0.3 is 11.1 Å². The van der Waals surface area contributed by atoms with E-state index in [0.29, 0.717) is 16.4 Å². The Morgan fingerprint density at radius 3 is 2.74 bits per heavy atom. The Balaban J connectivity index is 1.63. The maximum atomic E-state index is 12.1. The summed E-state index contributed by atoms with van der Waals surface area (Å²) in [6.45, 7) is 2.03. The molecule has 3 aromatic rings. The summed E-state index contributed by atoms with van der Waals surface area (Å²) < 4.78 is 0.816. The molecule has 0 fully saturated rings. The molecule has 0 unspecified atom stereocenters. The first kappa shape index (κ1) is 18.6. The van der Waals surface area contributed by atoms with Crippen molar-refractivity contribution < 1.29 is 4.79 Å². The fourth-order valence-corrected chi connectivity index (χ4v) is 3.57. The number of nitrogens with two attached hydrogens (primary N) is 1. The number of thioether (sulfide) groups is 1. The zero-order valence-corrected chi connectivity index (χ0v) is 15.9. The predicted octanol–water partition coefficient (Wildman–Crippen LogP) is 3.07. The van der Waals surface area contributed by atoms with Crippen molar-refractivity contribution in [3.63, 3.8) is 0 Å². The first-order valence-corrected chi connectivity index (χ1v) is 9.66. The van der Waals surface area contributed by atoms with E-state index in [9.17, 15) is 4.79 Å². The Labute approximate surface area is 164 Å². The molecule has 0 radical (unpaired) electrons. The van der Waals surface area contributed by atoms with Crippen LogP contribution in [-0.4, -0.2) is 31.9 Å². The average Bonchev–Trinajstić information content (AvgIpc) is 3.08. The van der Waals surface area contributed by atoms with Gasteiger partial charge in [-0.2, -0.15) is 0 Å². The normalized spacial score (nSPS) is 9.96. The van der Waals surface area contributed by atoms with Crippen molar-refractivity contribution in [2.75, 3.05) is 22.1 Å². The van der Waals surface area contributed by atoms with Crippen molar-refractivity contribution in [3.05, 3.63) is 47.8 Å². The number of nitrogens with zero attached hydrogens (tertiary/aromatic N) is 4. The molecule has 2 aromatic heterocycles. The third kappa shape index (κ3) is 5.67. The van der Waals surface area contributed by atoms with Gasteiger partial charge in [0.05, 0.1) is 5.56 Å². The average molecular weight is 397 g/mol. The van der Waals surface area contributed by atoms with Gasteiger partial charge in [-0.25, -0.2) is 14.8 Å². The van der Waals surface area contributed by atoms with Crippen LogP contribution in [-0.2, 0) is 0 Å². The van der Waals surface area contributed by atoms with E-state index in [4.69, 9.17) is 5.73 Å². The van der Waals surface area contributed by atoms with Gasteiger partial charge in [-0.3, -0.25) is 5.32 Å². The summed E-state index contributed by atoms with van der Waals surface area (Å²) in [5, 5.41) is 13.8. The summed E-state index contributed by atoms with van der Waals surface area (Å²) in [5.74, 6) is 7.04. The van der Waals surface area contributed by atoms with E-state index >= 15 is 0 Å².